The second-order valence-corrected chi connectivity index (χ2v) is 8.50. The van der Waals surface area contributed by atoms with Crippen molar-refractivity contribution in [3.63, 3.8) is 0 Å². The Morgan fingerprint density at radius 1 is 1.27 bits per heavy atom. The number of aliphatic hydroxyl groups is 3. The van der Waals surface area contributed by atoms with Gasteiger partial charge in [-0.15, -0.1) is 11.6 Å². The predicted molar refractivity (Wildman–Crippen MR) is 89.8 cm³/mol. The van der Waals surface area contributed by atoms with Crippen molar-refractivity contribution in [2.45, 2.75) is 62.4 Å². The van der Waals surface area contributed by atoms with Gasteiger partial charge < -0.3 is 24.5 Å². The number of hydrogen-bond acceptors (Lipinski definition) is 7. The zero-order chi connectivity index (χ0) is 19.2. The summed E-state index contributed by atoms with van der Waals surface area (Å²) < 4.78 is 10.8. The molecule has 7 nitrogen and oxygen atoms in total. The molecule has 3 N–H and O–H groups in total. The maximum absolute atomic E-state index is 12.6. The number of esters is 1. The lowest BCUT2D eigenvalue weighted by Gasteiger charge is -2.56. The molecule has 142 valence electrons. The standard InChI is InChI=1S/C18H21ClO7/c1-6(20)12-7-4-9-13-17(2,8(7)5-10(21)26-12)14(19)11(22)15(23)18(13,3)16(24)25-9/h5-6,9,11,13-15,20,22-23H,4H2,1-3H3. The van der Waals surface area contributed by atoms with Crippen LogP contribution >= 0.6 is 11.6 Å². The van der Waals surface area contributed by atoms with Crippen molar-refractivity contribution in [2.24, 2.45) is 11.3 Å². The van der Waals surface area contributed by atoms with Crippen LogP contribution in [0.4, 0.5) is 0 Å². The first kappa shape index (κ1) is 18.0. The summed E-state index contributed by atoms with van der Waals surface area (Å²) >= 11 is 6.58. The van der Waals surface area contributed by atoms with Crippen molar-refractivity contribution in [3.05, 3.63) is 33.4 Å². The highest BCUT2D eigenvalue weighted by Gasteiger charge is 2.73. The lowest BCUT2D eigenvalue weighted by Crippen LogP contribution is -2.68. The van der Waals surface area contributed by atoms with Gasteiger partial charge in [-0.1, -0.05) is 6.92 Å². The predicted octanol–water partition coefficient (Wildman–Crippen LogP) is 0.398. The number of hydrogen-bond donors (Lipinski definition) is 3. The molecule has 2 aliphatic carbocycles. The van der Waals surface area contributed by atoms with Crippen LogP contribution in [0.1, 0.15) is 43.8 Å². The van der Waals surface area contributed by atoms with E-state index in [9.17, 15) is 24.9 Å². The number of halogens is 1. The van der Waals surface area contributed by atoms with Gasteiger partial charge >= 0.3 is 11.6 Å². The minimum atomic E-state index is -1.39. The maximum atomic E-state index is 12.6. The van der Waals surface area contributed by atoms with Crippen LogP contribution in [0.25, 0.3) is 0 Å². The molecular weight excluding hydrogens is 364 g/mol. The molecular formula is C18H21ClO7. The van der Waals surface area contributed by atoms with Gasteiger partial charge in [-0.2, -0.15) is 0 Å². The molecule has 26 heavy (non-hydrogen) atoms. The van der Waals surface area contributed by atoms with E-state index in [-0.39, 0.29) is 12.2 Å². The molecule has 0 radical (unpaired) electrons. The number of fused-ring (bicyclic) bond motifs is 2. The Hall–Kier alpha value is -1.41. The van der Waals surface area contributed by atoms with Gasteiger partial charge in [0, 0.05) is 29.4 Å². The minimum Gasteiger partial charge on any atom is -0.461 e. The van der Waals surface area contributed by atoms with E-state index in [2.05, 4.69) is 0 Å². The van der Waals surface area contributed by atoms with Crippen LogP contribution in [-0.4, -0.2) is 45.0 Å². The van der Waals surface area contributed by atoms with E-state index >= 15 is 0 Å². The molecule has 2 heterocycles. The van der Waals surface area contributed by atoms with Crippen molar-refractivity contribution in [1.82, 2.24) is 0 Å². The molecule has 1 aliphatic heterocycles. The molecule has 8 unspecified atom stereocenters. The Labute approximate surface area is 154 Å². The van der Waals surface area contributed by atoms with Crippen molar-refractivity contribution in [2.75, 3.05) is 0 Å². The first-order valence-corrected chi connectivity index (χ1v) is 9.05. The van der Waals surface area contributed by atoms with Crippen molar-refractivity contribution >= 4 is 17.6 Å². The molecule has 0 spiro atoms. The molecule has 0 amide bonds. The number of carbonyl (C=O) groups is 1. The van der Waals surface area contributed by atoms with E-state index in [0.29, 0.717) is 11.1 Å². The molecule has 3 aliphatic rings. The van der Waals surface area contributed by atoms with Crippen molar-refractivity contribution in [3.8, 4) is 0 Å². The van der Waals surface area contributed by atoms with Gasteiger partial charge in [0.25, 0.3) is 0 Å². The third-order valence-corrected chi connectivity index (χ3v) is 7.34. The molecule has 0 aromatic carbocycles. The van der Waals surface area contributed by atoms with Crippen LogP contribution in [-0.2, 0) is 21.4 Å². The molecule has 4 rings (SSSR count). The fraction of sp³-hybridized carbons (Fsp3) is 0.667. The van der Waals surface area contributed by atoms with Gasteiger partial charge in [0.2, 0.25) is 0 Å². The highest BCUT2D eigenvalue weighted by molar-refractivity contribution is 6.22. The number of rotatable bonds is 1. The van der Waals surface area contributed by atoms with Crippen LogP contribution in [0.2, 0.25) is 0 Å². The van der Waals surface area contributed by atoms with E-state index < -0.39 is 58.1 Å². The van der Waals surface area contributed by atoms with Crippen LogP contribution < -0.4 is 5.63 Å². The zero-order valence-corrected chi connectivity index (χ0v) is 15.4. The molecule has 2 fully saturated rings. The summed E-state index contributed by atoms with van der Waals surface area (Å²) in [6, 6.07) is 1.31. The van der Waals surface area contributed by atoms with Gasteiger partial charge in [-0.05, 0) is 19.4 Å². The Morgan fingerprint density at radius 2 is 1.92 bits per heavy atom. The summed E-state index contributed by atoms with van der Waals surface area (Å²) in [4.78, 5) is 24.8. The SMILES string of the molecule is CC(O)c1oc(=O)cc2c1CC1OC(=O)C3(C)C(O)C(O)C(Cl)C2(C)C13. The molecule has 8 heteroatoms. The lowest BCUT2D eigenvalue weighted by molar-refractivity contribution is -0.165. The molecule has 1 aromatic rings. The number of carbonyl (C=O) groups excluding carboxylic acids is 1. The molecule has 0 bridgehead atoms. The van der Waals surface area contributed by atoms with Gasteiger partial charge in [0.05, 0.1) is 17.6 Å². The summed E-state index contributed by atoms with van der Waals surface area (Å²) in [6.07, 6.45) is -4.15. The Balaban J connectivity index is 2.05. The summed E-state index contributed by atoms with van der Waals surface area (Å²) in [6.45, 7) is 4.82. The van der Waals surface area contributed by atoms with E-state index in [1.54, 1.807) is 13.8 Å². The molecule has 8 atom stereocenters. The quantitative estimate of drug-likeness (QED) is 0.473. The third kappa shape index (κ3) is 1.89. The minimum absolute atomic E-state index is 0.112. The van der Waals surface area contributed by atoms with E-state index in [1.165, 1.54) is 13.0 Å². The molecule has 1 saturated heterocycles. The van der Waals surface area contributed by atoms with E-state index in [1.807, 2.05) is 0 Å². The van der Waals surface area contributed by atoms with Gasteiger partial charge in [-0.3, -0.25) is 4.79 Å². The van der Waals surface area contributed by atoms with Gasteiger partial charge in [0.1, 0.15) is 23.4 Å². The van der Waals surface area contributed by atoms with Crippen LogP contribution in [0.3, 0.4) is 0 Å². The number of alkyl halides is 1. The fourth-order valence-corrected chi connectivity index (χ4v) is 5.83. The topological polar surface area (TPSA) is 117 Å². The monoisotopic (exact) mass is 384 g/mol. The van der Waals surface area contributed by atoms with Crippen LogP contribution in [0.15, 0.2) is 15.3 Å². The summed E-state index contributed by atoms with van der Waals surface area (Å²) in [5, 5.41) is 30.3. The van der Waals surface area contributed by atoms with Crippen molar-refractivity contribution < 1.29 is 29.3 Å². The normalized spacial score (nSPS) is 44.9. The van der Waals surface area contributed by atoms with Crippen molar-refractivity contribution in [1.29, 1.82) is 0 Å². The largest absolute Gasteiger partial charge is 0.461 e. The highest BCUT2D eigenvalue weighted by Crippen LogP contribution is 2.62. The first-order valence-electron chi connectivity index (χ1n) is 8.61. The second kappa shape index (κ2) is 5.32. The Morgan fingerprint density at radius 3 is 2.54 bits per heavy atom. The smallest absolute Gasteiger partial charge is 0.336 e. The average molecular weight is 385 g/mol. The van der Waals surface area contributed by atoms with Crippen LogP contribution in [0.5, 0.6) is 0 Å². The first-order chi connectivity index (χ1) is 12.0. The summed E-state index contributed by atoms with van der Waals surface area (Å²) in [7, 11) is 0. The Kier molecular flexibility index (Phi) is 3.68. The third-order valence-electron chi connectivity index (χ3n) is 6.63. The van der Waals surface area contributed by atoms with Crippen LogP contribution in [0, 0.1) is 11.3 Å². The summed E-state index contributed by atoms with van der Waals surface area (Å²) in [5.74, 6) is -1.01. The molecule has 1 aromatic heterocycles. The molecule has 1 saturated carbocycles. The lowest BCUT2D eigenvalue weighted by atomic mass is 9.48. The van der Waals surface area contributed by atoms with E-state index in [0.717, 1.165) is 0 Å². The highest BCUT2D eigenvalue weighted by atomic mass is 35.5. The zero-order valence-electron chi connectivity index (χ0n) is 14.6. The number of aliphatic hydroxyl groups excluding tert-OH is 3. The fourth-order valence-electron chi connectivity index (χ4n) is 5.44. The number of ether oxygens (including phenoxy) is 1. The van der Waals surface area contributed by atoms with Gasteiger partial charge in [0.15, 0.2) is 0 Å². The maximum Gasteiger partial charge on any atom is 0.336 e. The van der Waals surface area contributed by atoms with Gasteiger partial charge in [-0.25, -0.2) is 4.79 Å². The average Bonchev–Trinajstić information content (AvgIpc) is 2.84. The van der Waals surface area contributed by atoms with E-state index in [4.69, 9.17) is 20.8 Å². The Bertz CT molecular complexity index is 848. The second-order valence-electron chi connectivity index (χ2n) is 8.03. The summed E-state index contributed by atoms with van der Waals surface area (Å²) in [5.41, 5.74) is -1.92.